The van der Waals surface area contributed by atoms with Gasteiger partial charge >= 0.3 is 0 Å². The number of nitrogens with zero attached hydrogens (tertiary/aromatic N) is 5. The van der Waals surface area contributed by atoms with Gasteiger partial charge in [0.05, 0.1) is 23.8 Å². The van der Waals surface area contributed by atoms with Crippen molar-refractivity contribution < 1.29 is 13.2 Å². The number of thioether (sulfide) groups is 1. The molecular weight excluding hydrogens is 446 g/mol. The van der Waals surface area contributed by atoms with Crippen molar-refractivity contribution in [2.75, 3.05) is 43.4 Å². The van der Waals surface area contributed by atoms with Gasteiger partial charge in [0.2, 0.25) is 5.91 Å². The molecule has 172 valence electrons. The van der Waals surface area contributed by atoms with E-state index in [-0.39, 0.29) is 17.7 Å². The van der Waals surface area contributed by atoms with Gasteiger partial charge in [0.1, 0.15) is 5.82 Å². The smallest absolute Gasteiger partial charge is 0.233 e. The third-order valence-electron chi connectivity index (χ3n) is 6.59. The summed E-state index contributed by atoms with van der Waals surface area (Å²) in [6.07, 6.45) is 3.03. The minimum Gasteiger partial charge on any atom is -0.339 e. The van der Waals surface area contributed by atoms with Crippen LogP contribution in [-0.2, 0) is 21.2 Å². The van der Waals surface area contributed by atoms with Crippen LogP contribution in [0.4, 0.5) is 0 Å². The second kappa shape index (κ2) is 9.15. The third kappa shape index (κ3) is 5.02. The van der Waals surface area contributed by atoms with Crippen LogP contribution in [0.1, 0.15) is 36.6 Å². The molecule has 0 bridgehead atoms. The van der Waals surface area contributed by atoms with Gasteiger partial charge in [-0.05, 0) is 24.8 Å². The van der Waals surface area contributed by atoms with E-state index in [1.165, 1.54) is 17.3 Å². The first-order valence-electron chi connectivity index (χ1n) is 11.3. The van der Waals surface area contributed by atoms with Gasteiger partial charge in [0.25, 0.3) is 0 Å². The summed E-state index contributed by atoms with van der Waals surface area (Å²) in [5.74, 6) is 2.52. The Labute approximate surface area is 193 Å². The van der Waals surface area contributed by atoms with Crippen molar-refractivity contribution in [1.82, 2.24) is 24.6 Å². The quantitative estimate of drug-likeness (QED) is 0.563. The number of carbonyl (C=O) groups excluding carboxylic acids is 1. The highest BCUT2D eigenvalue weighted by atomic mass is 32.2. The summed E-state index contributed by atoms with van der Waals surface area (Å²) < 4.78 is 25.7. The van der Waals surface area contributed by atoms with E-state index in [2.05, 4.69) is 31.8 Å². The number of benzene rings is 1. The predicted molar refractivity (Wildman–Crippen MR) is 123 cm³/mol. The Hall–Kier alpha value is -1.91. The van der Waals surface area contributed by atoms with Crippen LogP contribution in [0.25, 0.3) is 0 Å². The molecule has 1 saturated carbocycles. The molecule has 3 fully saturated rings. The van der Waals surface area contributed by atoms with Crippen LogP contribution >= 0.6 is 11.8 Å². The van der Waals surface area contributed by atoms with Crippen molar-refractivity contribution in [3.05, 3.63) is 41.7 Å². The highest BCUT2D eigenvalue weighted by Crippen LogP contribution is 2.40. The Balaban J connectivity index is 1.17. The Bertz CT molecular complexity index is 1060. The summed E-state index contributed by atoms with van der Waals surface area (Å²) in [7, 11) is -2.88. The molecule has 2 aromatic rings. The molecule has 32 heavy (non-hydrogen) atoms. The largest absolute Gasteiger partial charge is 0.339 e. The van der Waals surface area contributed by atoms with Crippen LogP contribution in [0.5, 0.6) is 0 Å². The number of aromatic nitrogens is 3. The van der Waals surface area contributed by atoms with Gasteiger partial charge < -0.3 is 9.47 Å². The van der Waals surface area contributed by atoms with E-state index in [1.807, 2.05) is 23.1 Å². The van der Waals surface area contributed by atoms with Gasteiger partial charge in [-0.15, -0.1) is 10.2 Å². The average Bonchev–Trinajstić information content (AvgIpc) is 3.47. The van der Waals surface area contributed by atoms with Crippen LogP contribution in [0.2, 0.25) is 0 Å². The normalized spacial score (nSPS) is 23.5. The molecular formula is C22H29N5O3S2. The van der Waals surface area contributed by atoms with Crippen molar-refractivity contribution in [2.45, 2.75) is 42.9 Å². The number of hydrogen-bond acceptors (Lipinski definition) is 7. The lowest BCUT2D eigenvalue weighted by molar-refractivity contribution is -0.130. The van der Waals surface area contributed by atoms with Crippen molar-refractivity contribution in [2.24, 2.45) is 0 Å². The lowest BCUT2D eigenvalue weighted by Gasteiger charge is -2.37. The summed E-state index contributed by atoms with van der Waals surface area (Å²) in [6.45, 7) is 3.51. The zero-order valence-corrected chi connectivity index (χ0v) is 19.7. The number of piperazine rings is 1. The van der Waals surface area contributed by atoms with E-state index in [0.29, 0.717) is 36.9 Å². The standard InChI is InChI=1S/C22H29N5O3S2/c28-20(26-11-9-25(10-12-26)19-8-13-32(29,30)16-19)15-31-22-24-23-21(18-6-7-18)27(22)14-17-4-2-1-3-5-17/h1-5,18-19H,6-16H2. The monoisotopic (exact) mass is 475 g/mol. The van der Waals surface area contributed by atoms with E-state index >= 15 is 0 Å². The first-order chi connectivity index (χ1) is 15.5. The topological polar surface area (TPSA) is 88.4 Å². The molecule has 1 aromatic heterocycles. The summed E-state index contributed by atoms with van der Waals surface area (Å²) in [4.78, 5) is 17.0. The van der Waals surface area contributed by atoms with Gasteiger partial charge in [-0.25, -0.2) is 8.42 Å². The Morgan fingerprint density at radius 2 is 1.78 bits per heavy atom. The summed E-state index contributed by atoms with van der Waals surface area (Å²) in [5, 5.41) is 9.66. The SMILES string of the molecule is O=C(CSc1nnc(C2CC2)n1Cc1ccccc1)N1CCN(C2CCS(=O)(=O)C2)CC1. The van der Waals surface area contributed by atoms with Crippen molar-refractivity contribution >= 4 is 27.5 Å². The minimum absolute atomic E-state index is 0.107. The van der Waals surface area contributed by atoms with Crippen molar-refractivity contribution in [3.63, 3.8) is 0 Å². The van der Waals surface area contributed by atoms with E-state index in [1.54, 1.807) is 0 Å². The second-order valence-electron chi connectivity index (χ2n) is 8.95. The zero-order chi connectivity index (χ0) is 22.1. The van der Waals surface area contributed by atoms with Crippen molar-refractivity contribution in [1.29, 1.82) is 0 Å². The average molecular weight is 476 g/mol. The molecule has 0 N–H and O–H groups in total. The molecule has 3 heterocycles. The lowest BCUT2D eigenvalue weighted by atomic mass is 10.2. The summed E-state index contributed by atoms with van der Waals surface area (Å²) in [6, 6.07) is 10.4. The maximum Gasteiger partial charge on any atom is 0.233 e. The first-order valence-corrected chi connectivity index (χ1v) is 14.1. The first kappa shape index (κ1) is 21.9. The van der Waals surface area contributed by atoms with E-state index in [0.717, 1.165) is 43.5 Å². The molecule has 2 aliphatic heterocycles. The second-order valence-corrected chi connectivity index (χ2v) is 12.1. The van der Waals surface area contributed by atoms with E-state index < -0.39 is 9.84 Å². The number of rotatable bonds is 7. The highest BCUT2D eigenvalue weighted by Gasteiger charge is 2.34. The van der Waals surface area contributed by atoms with Gasteiger partial charge in [-0.3, -0.25) is 9.69 Å². The van der Waals surface area contributed by atoms with Crippen LogP contribution in [0, 0.1) is 0 Å². The Morgan fingerprint density at radius 1 is 1.03 bits per heavy atom. The van der Waals surface area contributed by atoms with E-state index in [9.17, 15) is 13.2 Å². The summed E-state index contributed by atoms with van der Waals surface area (Å²) in [5.41, 5.74) is 1.20. The van der Waals surface area contributed by atoms with Crippen molar-refractivity contribution in [3.8, 4) is 0 Å². The molecule has 0 spiro atoms. The minimum atomic E-state index is -2.88. The molecule has 1 unspecified atom stereocenters. The van der Waals surface area contributed by atoms with Gasteiger partial charge in [-0.2, -0.15) is 0 Å². The highest BCUT2D eigenvalue weighted by molar-refractivity contribution is 7.99. The molecule has 1 aromatic carbocycles. The fourth-order valence-electron chi connectivity index (χ4n) is 4.58. The van der Waals surface area contributed by atoms with Crippen LogP contribution < -0.4 is 0 Å². The molecule has 1 amide bonds. The molecule has 8 nitrogen and oxygen atoms in total. The molecule has 5 rings (SSSR count). The number of carbonyl (C=O) groups is 1. The maximum absolute atomic E-state index is 12.9. The maximum atomic E-state index is 12.9. The van der Waals surface area contributed by atoms with E-state index in [4.69, 9.17) is 0 Å². The molecule has 0 radical (unpaired) electrons. The van der Waals surface area contributed by atoms with Crippen LogP contribution in [0.3, 0.4) is 0 Å². The fourth-order valence-corrected chi connectivity index (χ4v) is 7.19. The number of hydrogen-bond donors (Lipinski definition) is 0. The summed E-state index contributed by atoms with van der Waals surface area (Å²) >= 11 is 1.47. The number of sulfone groups is 1. The van der Waals surface area contributed by atoms with Crippen LogP contribution in [-0.4, -0.2) is 88.4 Å². The zero-order valence-electron chi connectivity index (χ0n) is 18.1. The Kier molecular flexibility index (Phi) is 6.26. The molecule has 3 aliphatic rings. The third-order valence-corrected chi connectivity index (χ3v) is 9.29. The fraction of sp³-hybridized carbons (Fsp3) is 0.591. The molecule has 1 aliphatic carbocycles. The Morgan fingerprint density at radius 3 is 2.44 bits per heavy atom. The molecule has 1 atom stereocenters. The molecule has 2 saturated heterocycles. The van der Waals surface area contributed by atoms with Gasteiger partial charge in [0.15, 0.2) is 15.0 Å². The van der Waals surface area contributed by atoms with Gasteiger partial charge in [0, 0.05) is 38.1 Å². The number of amides is 1. The van der Waals surface area contributed by atoms with Crippen LogP contribution in [0.15, 0.2) is 35.5 Å². The predicted octanol–water partition coefficient (Wildman–Crippen LogP) is 1.63. The lowest BCUT2D eigenvalue weighted by Crippen LogP contribution is -2.52. The molecule has 10 heteroatoms. The van der Waals surface area contributed by atoms with Gasteiger partial charge in [-0.1, -0.05) is 42.1 Å².